The molecule has 2 rings (SSSR count). The third-order valence-corrected chi connectivity index (χ3v) is 4.75. The summed E-state index contributed by atoms with van der Waals surface area (Å²) in [6.45, 7) is 0.461. The molecule has 2 aromatic carbocycles. The number of benzene rings is 2. The third-order valence-electron chi connectivity index (χ3n) is 3.64. The number of nitrogens with zero attached hydrogens (tertiary/aromatic N) is 1. The van der Waals surface area contributed by atoms with Gasteiger partial charge in [0.2, 0.25) is 5.91 Å². The fourth-order valence-corrected chi connectivity index (χ4v) is 3.01. The van der Waals surface area contributed by atoms with Crippen molar-refractivity contribution >= 4 is 21.7 Å². The largest absolute Gasteiger partial charge is 0.370 e. The first-order valence-electron chi connectivity index (χ1n) is 7.69. The predicted octanol–water partition coefficient (Wildman–Crippen LogP) is 1.61. The second-order valence-corrected chi connectivity index (χ2v) is 7.74. The summed E-state index contributed by atoms with van der Waals surface area (Å²) in [5.41, 5.74) is 6.35. The van der Waals surface area contributed by atoms with Gasteiger partial charge in [0.05, 0.1) is 4.90 Å². The van der Waals surface area contributed by atoms with Gasteiger partial charge in [0.1, 0.15) is 0 Å². The van der Waals surface area contributed by atoms with E-state index in [1.54, 1.807) is 6.07 Å². The molecule has 0 saturated heterocycles. The molecule has 0 radical (unpaired) electrons. The van der Waals surface area contributed by atoms with E-state index in [2.05, 4.69) is 0 Å². The van der Waals surface area contributed by atoms with Crippen molar-refractivity contribution in [1.82, 2.24) is 4.90 Å². The Kier molecular flexibility index (Phi) is 5.93. The first-order chi connectivity index (χ1) is 11.8. The summed E-state index contributed by atoms with van der Waals surface area (Å²) in [6, 6.07) is 15.2. The van der Waals surface area contributed by atoms with Crippen LogP contribution in [0, 0.1) is 0 Å². The lowest BCUT2D eigenvalue weighted by molar-refractivity contribution is -0.118. The standard InChI is InChI=1S/C18H20N2O4S/c1-25(23,24)16-9-5-8-15(12-16)18(22)20(11-10-17(19)21)13-14-6-3-2-4-7-14/h2-9,12H,10-11,13H2,1H3,(H2,19,21). The normalized spacial score (nSPS) is 11.1. The van der Waals surface area contributed by atoms with E-state index >= 15 is 0 Å². The van der Waals surface area contributed by atoms with Crippen molar-refractivity contribution in [3.63, 3.8) is 0 Å². The molecule has 132 valence electrons. The van der Waals surface area contributed by atoms with Gasteiger partial charge < -0.3 is 10.6 Å². The lowest BCUT2D eigenvalue weighted by atomic mass is 10.1. The molecule has 2 N–H and O–H groups in total. The molecule has 0 fully saturated rings. The number of amides is 2. The summed E-state index contributed by atoms with van der Waals surface area (Å²) in [6.07, 6.45) is 1.12. The van der Waals surface area contributed by atoms with Crippen LogP contribution in [-0.2, 0) is 21.2 Å². The second-order valence-electron chi connectivity index (χ2n) is 5.73. The first-order valence-corrected chi connectivity index (χ1v) is 9.58. The molecule has 2 aromatic rings. The molecule has 0 aliphatic heterocycles. The fraction of sp³-hybridized carbons (Fsp3) is 0.222. The minimum Gasteiger partial charge on any atom is -0.370 e. The predicted molar refractivity (Wildman–Crippen MR) is 94.5 cm³/mol. The van der Waals surface area contributed by atoms with Crippen LogP contribution in [-0.4, -0.2) is 37.9 Å². The molecule has 0 saturated carbocycles. The number of nitrogens with two attached hydrogens (primary N) is 1. The summed E-state index contributed by atoms with van der Waals surface area (Å²) in [7, 11) is -3.41. The molecule has 2 amide bonds. The number of sulfone groups is 1. The van der Waals surface area contributed by atoms with Gasteiger partial charge in [-0.2, -0.15) is 0 Å². The topological polar surface area (TPSA) is 97.5 Å². The summed E-state index contributed by atoms with van der Waals surface area (Å²) in [4.78, 5) is 25.5. The van der Waals surface area contributed by atoms with E-state index in [0.29, 0.717) is 6.54 Å². The average Bonchev–Trinajstić information content (AvgIpc) is 2.58. The Morgan fingerprint density at radius 3 is 2.32 bits per heavy atom. The van der Waals surface area contributed by atoms with E-state index in [1.165, 1.54) is 23.1 Å². The van der Waals surface area contributed by atoms with Crippen LogP contribution in [0.25, 0.3) is 0 Å². The van der Waals surface area contributed by atoms with E-state index in [-0.39, 0.29) is 29.3 Å². The van der Waals surface area contributed by atoms with Gasteiger partial charge in [-0.1, -0.05) is 36.4 Å². The lowest BCUT2D eigenvalue weighted by Crippen LogP contribution is -2.33. The van der Waals surface area contributed by atoms with Crippen molar-refractivity contribution in [3.8, 4) is 0 Å². The SMILES string of the molecule is CS(=O)(=O)c1cccc(C(=O)N(CCC(N)=O)Cc2ccccc2)c1. The Bertz CT molecular complexity index is 864. The Morgan fingerprint density at radius 1 is 1.04 bits per heavy atom. The van der Waals surface area contributed by atoms with E-state index < -0.39 is 15.7 Å². The number of primary amides is 1. The number of carbonyl (C=O) groups excluding carboxylic acids is 2. The van der Waals surface area contributed by atoms with Crippen LogP contribution in [0.4, 0.5) is 0 Å². The average molecular weight is 360 g/mol. The Hall–Kier alpha value is -2.67. The van der Waals surface area contributed by atoms with E-state index in [1.807, 2.05) is 30.3 Å². The maximum absolute atomic E-state index is 12.8. The van der Waals surface area contributed by atoms with Crippen molar-refractivity contribution in [2.75, 3.05) is 12.8 Å². The van der Waals surface area contributed by atoms with Gasteiger partial charge in [-0.05, 0) is 23.8 Å². The van der Waals surface area contributed by atoms with Crippen molar-refractivity contribution in [2.45, 2.75) is 17.9 Å². The van der Waals surface area contributed by atoms with Crippen LogP contribution >= 0.6 is 0 Å². The van der Waals surface area contributed by atoms with Gasteiger partial charge in [-0.25, -0.2) is 8.42 Å². The van der Waals surface area contributed by atoms with Gasteiger partial charge in [0.25, 0.3) is 5.91 Å². The van der Waals surface area contributed by atoms with Gasteiger partial charge in [0.15, 0.2) is 9.84 Å². The van der Waals surface area contributed by atoms with Crippen LogP contribution in [0.15, 0.2) is 59.5 Å². The molecule has 0 atom stereocenters. The third kappa shape index (κ3) is 5.42. The Labute approximate surface area is 147 Å². The molecule has 0 spiro atoms. The molecule has 25 heavy (non-hydrogen) atoms. The number of hydrogen-bond acceptors (Lipinski definition) is 4. The van der Waals surface area contributed by atoms with Crippen LogP contribution < -0.4 is 5.73 Å². The first kappa shape index (κ1) is 18.7. The molecular formula is C18H20N2O4S. The molecule has 0 heterocycles. The van der Waals surface area contributed by atoms with Gasteiger partial charge >= 0.3 is 0 Å². The highest BCUT2D eigenvalue weighted by molar-refractivity contribution is 7.90. The minimum atomic E-state index is -3.41. The maximum atomic E-state index is 12.8. The summed E-state index contributed by atoms with van der Waals surface area (Å²) >= 11 is 0. The minimum absolute atomic E-state index is 0.0321. The van der Waals surface area contributed by atoms with Gasteiger partial charge in [-0.3, -0.25) is 9.59 Å². The van der Waals surface area contributed by atoms with Crippen LogP contribution in [0.3, 0.4) is 0 Å². The molecule has 0 aliphatic rings. The monoisotopic (exact) mass is 360 g/mol. The molecule has 0 bridgehead atoms. The maximum Gasteiger partial charge on any atom is 0.254 e. The second kappa shape index (κ2) is 7.94. The van der Waals surface area contributed by atoms with Crippen LogP contribution in [0.1, 0.15) is 22.3 Å². The Balaban J connectivity index is 2.29. The summed E-state index contributed by atoms with van der Waals surface area (Å²) < 4.78 is 23.4. The van der Waals surface area contributed by atoms with Crippen molar-refractivity contribution in [2.24, 2.45) is 5.73 Å². The number of rotatable bonds is 7. The van der Waals surface area contributed by atoms with E-state index in [9.17, 15) is 18.0 Å². The molecule has 0 aromatic heterocycles. The summed E-state index contributed by atoms with van der Waals surface area (Å²) in [5.74, 6) is -0.855. The van der Waals surface area contributed by atoms with Crippen LogP contribution in [0.2, 0.25) is 0 Å². The van der Waals surface area contributed by atoms with E-state index in [4.69, 9.17) is 5.73 Å². The van der Waals surface area contributed by atoms with Crippen LogP contribution in [0.5, 0.6) is 0 Å². The highest BCUT2D eigenvalue weighted by Gasteiger charge is 2.18. The fourth-order valence-electron chi connectivity index (χ4n) is 2.34. The zero-order valence-electron chi connectivity index (χ0n) is 13.9. The van der Waals surface area contributed by atoms with Gasteiger partial charge in [-0.15, -0.1) is 0 Å². The molecule has 6 nitrogen and oxygen atoms in total. The molecular weight excluding hydrogens is 340 g/mol. The smallest absolute Gasteiger partial charge is 0.254 e. The van der Waals surface area contributed by atoms with Gasteiger partial charge in [0, 0.05) is 31.3 Å². The highest BCUT2D eigenvalue weighted by Crippen LogP contribution is 2.15. The van der Waals surface area contributed by atoms with Crippen molar-refractivity contribution in [1.29, 1.82) is 0 Å². The van der Waals surface area contributed by atoms with Crippen molar-refractivity contribution < 1.29 is 18.0 Å². The lowest BCUT2D eigenvalue weighted by Gasteiger charge is -2.22. The van der Waals surface area contributed by atoms with E-state index in [0.717, 1.165) is 11.8 Å². The zero-order chi connectivity index (χ0) is 18.4. The zero-order valence-corrected chi connectivity index (χ0v) is 14.7. The molecule has 7 heteroatoms. The van der Waals surface area contributed by atoms with Crippen molar-refractivity contribution in [3.05, 3.63) is 65.7 Å². The molecule has 0 aliphatic carbocycles. The Morgan fingerprint density at radius 2 is 1.72 bits per heavy atom. The number of carbonyl (C=O) groups is 2. The molecule has 0 unspecified atom stereocenters. The quantitative estimate of drug-likeness (QED) is 0.811. The summed E-state index contributed by atoms with van der Waals surface area (Å²) in [5, 5.41) is 0. The number of hydrogen-bond donors (Lipinski definition) is 1. The highest BCUT2D eigenvalue weighted by atomic mass is 32.2.